The van der Waals surface area contributed by atoms with Crippen molar-refractivity contribution >= 4 is 28.9 Å². The van der Waals surface area contributed by atoms with Crippen LogP contribution in [-0.4, -0.2) is 20.6 Å². The Hall–Kier alpha value is -3.19. The second kappa shape index (κ2) is 7.82. The number of carbonyl (C=O) groups is 1. The van der Waals surface area contributed by atoms with Crippen LogP contribution in [0.3, 0.4) is 0 Å². The topological polar surface area (TPSA) is 90.1 Å². The van der Waals surface area contributed by atoms with Crippen LogP contribution < -0.4 is 5.32 Å². The van der Waals surface area contributed by atoms with Crippen molar-refractivity contribution in [1.29, 1.82) is 0 Å². The predicted octanol–water partition coefficient (Wildman–Crippen LogP) is 4.67. The number of benzene rings is 2. The minimum absolute atomic E-state index is 0.0351. The van der Waals surface area contributed by atoms with Crippen LogP contribution in [0.1, 0.15) is 32.9 Å². The molecule has 8 heteroatoms. The summed E-state index contributed by atoms with van der Waals surface area (Å²) in [4.78, 5) is 23.2. The molecule has 144 valence electrons. The number of aromatic nitrogens is 2. The number of hydrogen-bond acceptors (Lipinski definition) is 4. The first-order chi connectivity index (χ1) is 13.3. The lowest BCUT2D eigenvalue weighted by Crippen LogP contribution is -2.13. The molecule has 0 atom stereocenters. The van der Waals surface area contributed by atoms with E-state index in [1.54, 1.807) is 48.9 Å². The summed E-state index contributed by atoms with van der Waals surface area (Å²) in [6, 6.07) is 12.4. The molecule has 0 aliphatic rings. The van der Waals surface area contributed by atoms with Gasteiger partial charge in [0.25, 0.3) is 5.91 Å². The molecule has 1 N–H and O–H groups in total. The zero-order chi connectivity index (χ0) is 20.4. The Kier molecular flexibility index (Phi) is 5.46. The molecular formula is C20H19ClN4O3. The van der Waals surface area contributed by atoms with Crippen LogP contribution in [0, 0.1) is 30.9 Å². The molecule has 3 rings (SSSR count). The molecule has 0 saturated heterocycles. The fraction of sp³-hybridized carbons (Fsp3) is 0.200. The highest BCUT2D eigenvalue weighted by atomic mass is 35.5. The van der Waals surface area contributed by atoms with Crippen LogP contribution in [0.4, 0.5) is 11.4 Å². The van der Waals surface area contributed by atoms with Crippen molar-refractivity contribution in [2.45, 2.75) is 27.3 Å². The highest BCUT2D eigenvalue weighted by molar-refractivity contribution is 6.31. The molecule has 1 heterocycles. The molecular weight excluding hydrogens is 380 g/mol. The quantitative estimate of drug-likeness (QED) is 0.499. The number of nitrogens with zero attached hydrogens (tertiary/aromatic N) is 3. The summed E-state index contributed by atoms with van der Waals surface area (Å²) in [6.07, 6.45) is 0. The highest BCUT2D eigenvalue weighted by Gasteiger charge is 2.21. The average Bonchev–Trinajstić information content (AvgIpc) is 2.93. The molecule has 0 aliphatic carbocycles. The Morgan fingerprint density at radius 3 is 2.46 bits per heavy atom. The molecule has 0 spiro atoms. The van der Waals surface area contributed by atoms with Gasteiger partial charge in [0, 0.05) is 16.3 Å². The van der Waals surface area contributed by atoms with E-state index in [0.717, 1.165) is 11.1 Å². The molecule has 28 heavy (non-hydrogen) atoms. The van der Waals surface area contributed by atoms with Crippen LogP contribution in [-0.2, 0) is 6.54 Å². The molecule has 3 aromatic rings. The predicted molar refractivity (Wildman–Crippen MR) is 108 cm³/mol. The van der Waals surface area contributed by atoms with Gasteiger partial charge >= 0.3 is 5.69 Å². The monoisotopic (exact) mass is 398 g/mol. The fourth-order valence-electron chi connectivity index (χ4n) is 2.98. The van der Waals surface area contributed by atoms with Gasteiger partial charge in [-0.1, -0.05) is 29.8 Å². The maximum atomic E-state index is 12.5. The number of nitro groups is 1. The standard InChI is InChI=1S/C20H19ClN4O3/c1-12-17(21)5-4-6-18(12)22-20(26)16-9-7-15(8-10-16)11-24-14(3)19(25(27)28)13(2)23-24/h4-10H,11H2,1-3H3,(H,22,26). The molecule has 2 aromatic carbocycles. The van der Waals surface area contributed by atoms with Gasteiger partial charge in [0.2, 0.25) is 0 Å². The van der Waals surface area contributed by atoms with Gasteiger partial charge in [-0.3, -0.25) is 19.6 Å². The van der Waals surface area contributed by atoms with Gasteiger partial charge in [-0.2, -0.15) is 5.10 Å². The van der Waals surface area contributed by atoms with Crippen molar-refractivity contribution in [3.63, 3.8) is 0 Å². The second-order valence-electron chi connectivity index (χ2n) is 6.50. The zero-order valence-corrected chi connectivity index (χ0v) is 16.4. The van der Waals surface area contributed by atoms with E-state index in [9.17, 15) is 14.9 Å². The van der Waals surface area contributed by atoms with Gasteiger partial charge in [0.1, 0.15) is 11.4 Å². The first-order valence-corrected chi connectivity index (χ1v) is 8.99. The summed E-state index contributed by atoms with van der Waals surface area (Å²) in [5.74, 6) is -0.237. The number of anilines is 1. The third-order valence-electron chi connectivity index (χ3n) is 4.59. The van der Waals surface area contributed by atoms with E-state index in [-0.39, 0.29) is 11.6 Å². The number of rotatable bonds is 5. The SMILES string of the molecule is Cc1nn(Cc2ccc(C(=O)Nc3cccc(Cl)c3C)cc2)c(C)c1[N+](=O)[O-]. The zero-order valence-electron chi connectivity index (χ0n) is 15.7. The van der Waals surface area contributed by atoms with Crippen LogP contribution in [0.5, 0.6) is 0 Å². The molecule has 0 saturated carbocycles. The number of halogens is 1. The minimum Gasteiger partial charge on any atom is -0.322 e. The maximum absolute atomic E-state index is 12.5. The molecule has 0 aliphatic heterocycles. The van der Waals surface area contributed by atoms with E-state index in [1.807, 2.05) is 19.1 Å². The van der Waals surface area contributed by atoms with E-state index < -0.39 is 4.92 Å². The van der Waals surface area contributed by atoms with Gasteiger partial charge in [-0.15, -0.1) is 0 Å². The summed E-state index contributed by atoms with van der Waals surface area (Å²) in [6.45, 7) is 5.52. The normalized spacial score (nSPS) is 10.7. The lowest BCUT2D eigenvalue weighted by Gasteiger charge is -2.10. The average molecular weight is 399 g/mol. The Labute approximate surface area is 167 Å². The number of amides is 1. The molecule has 1 amide bonds. The summed E-state index contributed by atoms with van der Waals surface area (Å²) < 4.78 is 1.60. The third-order valence-corrected chi connectivity index (χ3v) is 5.00. The molecule has 0 radical (unpaired) electrons. The van der Waals surface area contributed by atoms with Crippen molar-refractivity contribution < 1.29 is 9.72 Å². The largest absolute Gasteiger partial charge is 0.322 e. The van der Waals surface area contributed by atoms with Gasteiger partial charge in [-0.05, 0) is 56.2 Å². The molecule has 0 unspecified atom stereocenters. The van der Waals surface area contributed by atoms with E-state index in [0.29, 0.717) is 34.2 Å². The van der Waals surface area contributed by atoms with Crippen molar-refractivity contribution in [1.82, 2.24) is 9.78 Å². The van der Waals surface area contributed by atoms with Crippen LogP contribution >= 0.6 is 11.6 Å². The van der Waals surface area contributed by atoms with E-state index >= 15 is 0 Å². The van der Waals surface area contributed by atoms with E-state index in [4.69, 9.17) is 11.6 Å². The van der Waals surface area contributed by atoms with Crippen molar-refractivity contribution in [3.05, 3.63) is 85.7 Å². The Morgan fingerprint density at radius 1 is 1.18 bits per heavy atom. The Bertz CT molecular complexity index is 1060. The molecule has 0 fully saturated rings. The van der Waals surface area contributed by atoms with Gasteiger partial charge in [0.05, 0.1) is 11.5 Å². The minimum atomic E-state index is -0.417. The Balaban J connectivity index is 1.75. The first-order valence-electron chi connectivity index (χ1n) is 8.61. The summed E-state index contributed by atoms with van der Waals surface area (Å²) in [5.41, 5.74) is 3.78. The number of aryl methyl sites for hydroxylation is 1. The fourth-order valence-corrected chi connectivity index (χ4v) is 3.15. The van der Waals surface area contributed by atoms with Gasteiger partial charge < -0.3 is 5.32 Å². The van der Waals surface area contributed by atoms with Crippen LogP contribution in [0.25, 0.3) is 0 Å². The molecule has 0 bridgehead atoms. The number of hydrogen-bond donors (Lipinski definition) is 1. The Morgan fingerprint density at radius 2 is 1.86 bits per heavy atom. The summed E-state index contributed by atoms with van der Waals surface area (Å²) in [5, 5.41) is 18.8. The van der Waals surface area contributed by atoms with Crippen molar-refractivity contribution in [3.8, 4) is 0 Å². The number of nitrogens with one attached hydrogen (secondary N) is 1. The second-order valence-corrected chi connectivity index (χ2v) is 6.90. The van der Waals surface area contributed by atoms with E-state index in [1.165, 1.54) is 0 Å². The molecule has 7 nitrogen and oxygen atoms in total. The highest BCUT2D eigenvalue weighted by Crippen LogP contribution is 2.24. The molecule has 1 aromatic heterocycles. The lowest BCUT2D eigenvalue weighted by atomic mass is 10.1. The summed E-state index contributed by atoms with van der Waals surface area (Å²) >= 11 is 6.08. The van der Waals surface area contributed by atoms with Gasteiger partial charge in [0.15, 0.2) is 0 Å². The smallest absolute Gasteiger partial charge is 0.312 e. The maximum Gasteiger partial charge on any atom is 0.312 e. The lowest BCUT2D eigenvalue weighted by molar-refractivity contribution is -0.386. The van der Waals surface area contributed by atoms with Gasteiger partial charge in [-0.25, -0.2) is 0 Å². The summed E-state index contributed by atoms with van der Waals surface area (Å²) in [7, 11) is 0. The van der Waals surface area contributed by atoms with Crippen LogP contribution in [0.15, 0.2) is 42.5 Å². The van der Waals surface area contributed by atoms with Crippen LogP contribution in [0.2, 0.25) is 5.02 Å². The number of carbonyl (C=O) groups excluding carboxylic acids is 1. The van der Waals surface area contributed by atoms with Crippen molar-refractivity contribution in [2.75, 3.05) is 5.32 Å². The van der Waals surface area contributed by atoms with Crippen molar-refractivity contribution in [2.24, 2.45) is 0 Å². The van der Waals surface area contributed by atoms with E-state index in [2.05, 4.69) is 10.4 Å². The third kappa shape index (κ3) is 3.89. The first kappa shape index (κ1) is 19.6.